The Balaban J connectivity index is 1.47. The van der Waals surface area contributed by atoms with E-state index in [0.717, 1.165) is 41.6 Å². The molecule has 4 rings (SSSR count). The number of fused-ring (bicyclic) bond motifs is 1. The third kappa shape index (κ3) is 4.18. The molecule has 3 fully saturated rings. The van der Waals surface area contributed by atoms with Crippen LogP contribution < -0.4 is 0 Å². The Morgan fingerprint density at radius 1 is 0.839 bits per heavy atom. The summed E-state index contributed by atoms with van der Waals surface area (Å²) in [4.78, 5) is 16.0. The van der Waals surface area contributed by atoms with Gasteiger partial charge in [-0.1, -0.05) is 18.9 Å². The van der Waals surface area contributed by atoms with E-state index < -0.39 is 10.0 Å². The third-order valence-corrected chi connectivity index (χ3v) is 10.4. The van der Waals surface area contributed by atoms with E-state index in [1.165, 1.54) is 25.7 Å². The van der Waals surface area contributed by atoms with Crippen molar-refractivity contribution in [2.24, 2.45) is 11.8 Å². The highest BCUT2D eigenvalue weighted by Gasteiger charge is 2.40. The van der Waals surface area contributed by atoms with Crippen LogP contribution in [0.4, 0.5) is 0 Å². The molecular weight excluding hydrogens is 408 g/mol. The van der Waals surface area contributed by atoms with Crippen LogP contribution in [0.2, 0.25) is 0 Å². The maximum Gasteiger partial charge on any atom is 0.243 e. The highest BCUT2D eigenvalue weighted by Crippen LogP contribution is 2.37. The molecular formula is C25H38N2O3S. The van der Waals surface area contributed by atoms with Crippen molar-refractivity contribution in [3.05, 3.63) is 28.3 Å². The fourth-order valence-corrected chi connectivity index (χ4v) is 8.22. The summed E-state index contributed by atoms with van der Waals surface area (Å²) in [6.45, 7) is 9.52. The number of carbonyl (C=O) groups excluding carboxylic acids is 1. The van der Waals surface area contributed by atoms with Crippen molar-refractivity contribution in [3.8, 4) is 0 Å². The number of aryl methyl sites for hydroxylation is 2. The number of benzene rings is 1. The smallest absolute Gasteiger partial charge is 0.243 e. The molecule has 1 aromatic carbocycles. The zero-order valence-electron chi connectivity index (χ0n) is 19.6. The molecule has 172 valence electrons. The lowest BCUT2D eigenvalue weighted by atomic mass is 9.77. The second-order valence-electron chi connectivity index (χ2n) is 10.1. The van der Waals surface area contributed by atoms with E-state index in [2.05, 4.69) is 11.0 Å². The van der Waals surface area contributed by atoms with Crippen LogP contribution in [-0.2, 0) is 14.8 Å². The Morgan fingerprint density at radius 3 is 2.06 bits per heavy atom. The van der Waals surface area contributed by atoms with Gasteiger partial charge in [-0.3, -0.25) is 4.79 Å². The number of amides is 1. The van der Waals surface area contributed by atoms with Gasteiger partial charge < -0.3 is 4.90 Å². The molecule has 2 aliphatic heterocycles. The van der Waals surface area contributed by atoms with Gasteiger partial charge in [-0.2, -0.15) is 4.31 Å². The van der Waals surface area contributed by atoms with Gasteiger partial charge in [0.1, 0.15) is 0 Å². The Labute approximate surface area is 188 Å². The first kappa shape index (κ1) is 22.8. The van der Waals surface area contributed by atoms with Crippen LogP contribution in [-0.4, -0.2) is 49.2 Å². The first-order valence-corrected chi connectivity index (χ1v) is 13.5. The van der Waals surface area contributed by atoms with Gasteiger partial charge in [0.05, 0.1) is 4.90 Å². The van der Waals surface area contributed by atoms with Crippen LogP contribution in [0.5, 0.6) is 0 Å². The molecule has 0 bridgehead atoms. The summed E-state index contributed by atoms with van der Waals surface area (Å²) in [5, 5.41) is 0. The fourth-order valence-electron chi connectivity index (χ4n) is 6.17. The second-order valence-corrected chi connectivity index (χ2v) is 11.9. The van der Waals surface area contributed by atoms with Gasteiger partial charge in [0, 0.05) is 31.6 Å². The highest BCUT2D eigenvalue weighted by atomic mass is 32.2. The van der Waals surface area contributed by atoms with Crippen molar-refractivity contribution in [3.63, 3.8) is 0 Å². The van der Waals surface area contributed by atoms with E-state index in [0.29, 0.717) is 42.8 Å². The lowest BCUT2D eigenvalue weighted by Crippen LogP contribution is -2.53. The maximum atomic E-state index is 13.5. The first-order valence-electron chi connectivity index (χ1n) is 12.1. The second kappa shape index (κ2) is 8.86. The van der Waals surface area contributed by atoms with Gasteiger partial charge >= 0.3 is 0 Å². The van der Waals surface area contributed by atoms with Crippen LogP contribution in [0, 0.1) is 39.5 Å². The number of piperidine rings is 2. The maximum absolute atomic E-state index is 13.5. The first-order chi connectivity index (χ1) is 14.7. The Hall–Kier alpha value is -1.40. The summed E-state index contributed by atoms with van der Waals surface area (Å²) in [5.74, 6) is 0.934. The molecule has 2 unspecified atom stereocenters. The molecule has 1 aromatic rings. The molecule has 2 heterocycles. The topological polar surface area (TPSA) is 57.7 Å². The van der Waals surface area contributed by atoms with E-state index in [-0.39, 0.29) is 11.8 Å². The van der Waals surface area contributed by atoms with Crippen molar-refractivity contribution < 1.29 is 13.2 Å². The van der Waals surface area contributed by atoms with E-state index in [4.69, 9.17) is 0 Å². The van der Waals surface area contributed by atoms with Gasteiger partial charge in [0.15, 0.2) is 0 Å². The minimum absolute atomic E-state index is 0.0337. The van der Waals surface area contributed by atoms with Gasteiger partial charge in [-0.25, -0.2) is 8.42 Å². The third-order valence-electron chi connectivity index (χ3n) is 8.22. The predicted octanol–water partition coefficient (Wildman–Crippen LogP) is 4.50. The lowest BCUT2D eigenvalue weighted by Gasteiger charge is -2.46. The SMILES string of the molecule is Cc1cc(C)c(C)c(S(=O)(=O)N2CCC(C(=O)N3CCCC4CCCCC43)CC2)c1C. The van der Waals surface area contributed by atoms with Gasteiger partial charge in [0.25, 0.3) is 0 Å². The Bertz CT molecular complexity index is 920. The summed E-state index contributed by atoms with van der Waals surface area (Å²) in [6.07, 6.45) is 8.59. The molecule has 31 heavy (non-hydrogen) atoms. The number of hydrogen-bond donors (Lipinski definition) is 0. The summed E-state index contributed by atoms with van der Waals surface area (Å²) >= 11 is 0. The molecule has 0 radical (unpaired) electrons. The van der Waals surface area contributed by atoms with Crippen molar-refractivity contribution in [2.45, 2.75) is 90.0 Å². The van der Waals surface area contributed by atoms with E-state index in [9.17, 15) is 13.2 Å². The van der Waals surface area contributed by atoms with Gasteiger partial charge in [0.2, 0.25) is 15.9 Å². The molecule has 3 aliphatic rings. The molecule has 1 aliphatic carbocycles. The monoisotopic (exact) mass is 446 g/mol. The number of sulfonamides is 1. The molecule has 6 heteroatoms. The molecule has 1 saturated carbocycles. The largest absolute Gasteiger partial charge is 0.339 e. The van der Waals surface area contributed by atoms with Gasteiger partial charge in [-0.15, -0.1) is 0 Å². The van der Waals surface area contributed by atoms with Crippen LogP contribution in [0.1, 0.15) is 73.6 Å². The number of likely N-dealkylation sites (tertiary alicyclic amines) is 1. The molecule has 0 spiro atoms. The minimum Gasteiger partial charge on any atom is -0.339 e. The van der Waals surface area contributed by atoms with Crippen molar-refractivity contribution in [1.82, 2.24) is 9.21 Å². The number of hydrogen-bond acceptors (Lipinski definition) is 3. The average Bonchev–Trinajstić information content (AvgIpc) is 2.77. The minimum atomic E-state index is -3.55. The van der Waals surface area contributed by atoms with E-state index >= 15 is 0 Å². The number of carbonyl (C=O) groups is 1. The molecule has 2 atom stereocenters. The summed E-state index contributed by atoms with van der Waals surface area (Å²) in [5.41, 5.74) is 3.72. The lowest BCUT2D eigenvalue weighted by molar-refractivity contribution is -0.143. The van der Waals surface area contributed by atoms with Gasteiger partial charge in [-0.05, 0) is 94.4 Å². The number of nitrogens with zero attached hydrogens (tertiary/aromatic N) is 2. The van der Waals surface area contributed by atoms with Crippen LogP contribution in [0.3, 0.4) is 0 Å². The highest BCUT2D eigenvalue weighted by molar-refractivity contribution is 7.89. The molecule has 0 aromatic heterocycles. The van der Waals surface area contributed by atoms with Crippen LogP contribution in [0.25, 0.3) is 0 Å². The molecule has 2 saturated heterocycles. The van der Waals surface area contributed by atoms with Crippen LogP contribution in [0.15, 0.2) is 11.0 Å². The quantitative estimate of drug-likeness (QED) is 0.687. The molecule has 0 N–H and O–H groups in total. The van der Waals surface area contributed by atoms with E-state index in [1.54, 1.807) is 4.31 Å². The standard InChI is InChI=1S/C25H38N2O3S/c1-17-16-18(2)20(4)24(19(17)3)31(29,30)26-14-11-22(12-15-26)25(28)27-13-7-9-21-8-5-6-10-23(21)27/h16,21-23H,5-15H2,1-4H3. The normalized spacial score (nSPS) is 26.0. The fraction of sp³-hybridized carbons (Fsp3) is 0.720. The number of rotatable bonds is 3. The molecule has 1 amide bonds. The Morgan fingerprint density at radius 2 is 1.42 bits per heavy atom. The predicted molar refractivity (Wildman–Crippen MR) is 124 cm³/mol. The summed E-state index contributed by atoms with van der Waals surface area (Å²) in [7, 11) is -3.55. The van der Waals surface area contributed by atoms with Crippen molar-refractivity contribution in [1.29, 1.82) is 0 Å². The average molecular weight is 447 g/mol. The molecule has 5 nitrogen and oxygen atoms in total. The zero-order chi connectivity index (χ0) is 22.3. The van der Waals surface area contributed by atoms with E-state index in [1.807, 2.05) is 27.7 Å². The zero-order valence-corrected chi connectivity index (χ0v) is 20.4. The van der Waals surface area contributed by atoms with Crippen molar-refractivity contribution in [2.75, 3.05) is 19.6 Å². The van der Waals surface area contributed by atoms with Crippen LogP contribution >= 0.6 is 0 Å². The van der Waals surface area contributed by atoms with Crippen molar-refractivity contribution >= 4 is 15.9 Å². The summed E-state index contributed by atoms with van der Waals surface area (Å²) in [6, 6.07) is 2.49. The Kier molecular flexibility index (Phi) is 6.51. The summed E-state index contributed by atoms with van der Waals surface area (Å²) < 4.78 is 28.7.